The van der Waals surface area contributed by atoms with E-state index < -0.39 is 0 Å². The van der Waals surface area contributed by atoms with Crippen LogP contribution in [0.25, 0.3) is 0 Å². The van der Waals surface area contributed by atoms with Crippen LogP contribution in [0.3, 0.4) is 0 Å². The molecule has 0 radical (unpaired) electrons. The molecule has 0 bridgehead atoms. The molecular formula is C18H27NO3. The Kier molecular flexibility index (Phi) is 6.10. The number of ether oxygens (including phenoxy) is 2. The van der Waals surface area contributed by atoms with Gasteiger partial charge in [0, 0.05) is 18.7 Å². The van der Waals surface area contributed by atoms with Gasteiger partial charge in [0.1, 0.15) is 0 Å². The Morgan fingerprint density at radius 1 is 1.18 bits per heavy atom. The second-order valence-electron chi connectivity index (χ2n) is 5.86. The molecule has 22 heavy (non-hydrogen) atoms. The van der Waals surface area contributed by atoms with Crippen LogP contribution in [0.1, 0.15) is 55.8 Å². The number of rotatable bonds is 5. The highest BCUT2D eigenvalue weighted by atomic mass is 16.5. The van der Waals surface area contributed by atoms with Gasteiger partial charge in [-0.1, -0.05) is 25.7 Å². The second kappa shape index (κ2) is 8.06. The summed E-state index contributed by atoms with van der Waals surface area (Å²) >= 11 is 0. The predicted molar refractivity (Wildman–Crippen MR) is 87.7 cm³/mol. The molecule has 4 heteroatoms. The maximum absolute atomic E-state index is 12.7. The highest BCUT2D eigenvalue weighted by Crippen LogP contribution is 2.29. The number of methoxy groups -OCH3 is 1. The van der Waals surface area contributed by atoms with Crippen molar-refractivity contribution in [2.75, 3.05) is 20.8 Å². The quantitative estimate of drug-likeness (QED) is 0.775. The molecule has 0 aromatic heterocycles. The summed E-state index contributed by atoms with van der Waals surface area (Å²) < 4.78 is 10.8. The van der Waals surface area contributed by atoms with E-state index in [-0.39, 0.29) is 5.91 Å². The molecule has 4 nitrogen and oxygen atoms in total. The molecule has 1 saturated carbocycles. The molecule has 0 saturated heterocycles. The number of carbonyl (C=O) groups excluding carboxylic acids is 1. The first kappa shape index (κ1) is 16.7. The monoisotopic (exact) mass is 305 g/mol. The van der Waals surface area contributed by atoms with Crippen LogP contribution in [0, 0.1) is 0 Å². The van der Waals surface area contributed by atoms with Crippen molar-refractivity contribution in [3.05, 3.63) is 23.8 Å². The molecule has 0 heterocycles. The highest BCUT2D eigenvalue weighted by molar-refractivity contribution is 5.95. The molecule has 1 aromatic rings. The second-order valence-corrected chi connectivity index (χ2v) is 5.86. The minimum atomic E-state index is 0.0653. The van der Waals surface area contributed by atoms with Crippen molar-refractivity contribution in [1.29, 1.82) is 0 Å². The van der Waals surface area contributed by atoms with Crippen LogP contribution in [-0.2, 0) is 0 Å². The van der Waals surface area contributed by atoms with Crippen LogP contribution in [0.2, 0.25) is 0 Å². The SMILES string of the molecule is CCOc1cc(C(=O)N(C)C2CCCCCC2)ccc1OC. The average Bonchev–Trinajstić information content (AvgIpc) is 2.83. The third-order valence-corrected chi connectivity index (χ3v) is 4.40. The largest absolute Gasteiger partial charge is 0.493 e. The fourth-order valence-corrected chi connectivity index (χ4v) is 3.09. The first-order valence-corrected chi connectivity index (χ1v) is 8.25. The molecule has 1 aromatic carbocycles. The van der Waals surface area contributed by atoms with Gasteiger partial charge in [-0.05, 0) is 38.0 Å². The average molecular weight is 305 g/mol. The van der Waals surface area contributed by atoms with Crippen molar-refractivity contribution in [1.82, 2.24) is 4.90 Å². The Morgan fingerprint density at radius 2 is 1.86 bits per heavy atom. The van der Waals surface area contributed by atoms with E-state index in [0.717, 1.165) is 12.8 Å². The number of hydrogen-bond donors (Lipinski definition) is 0. The number of nitrogens with zero attached hydrogens (tertiary/aromatic N) is 1. The first-order valence-electron chi connectivity index (χ1n) is 8.25. The normalized spacial score (nSPS) is 16.0. The fourth-order valence-electron chi connectivity index (χ4n) is 3.09. The standard InChI is InChI=1S/C18H27NO3/c1-4-22-17-13-14(11-12-16(17)21-3)18(20)19(2)15-9-7-5-6-8-10-15/h11-13,15H,4-10H2,1-3H3. The summed E-state index contributed by atoms with van der Waals surface area (Å²) in [7, 11) is 3.53. The first-order chi connectivity index (χ1) is 10.7. The van der Waals surface area contributed by atoms with Crippen LogP contribution < -0.4 is 9.47 Å². The van der Waals surface area contributed by atoms with Crippen molar-refractivity contribution < 1.29 is 14.3 Å². The van der Waals surface area contributed by atoms with E-state index in [0.29, 0.717) is 29.7 Å². The molecule has 122 valence electrons. The van der Waals surface area contributed by atoms with Crippen LogP contribution in [0.4, 0.5) is 0 Å². The van der Waals surface area contributed by atoms with Crippen molar-refractivity contribution >= 4 is 5.91 Å². The van der Waals surface area contributed by atoms with E-state index in [1.165, 1.54) is 25.7 Å². The lowest BCUT2D eigenvalue weighted by Gasteiger charge is -2.27. The molecule has 0 atom stereocenters. The molecular weight excluding hydrogens is 278 g/mol. The van der Waals surface area contributed by atoms with E-state index in [1.807, 2.05) is 24.9 Å². The Balaban J connectivity index is 2.15. The van der Waals surface area contributed by atoms with Gasteiger partial charge in [-0.25, -0.2) is 0 Å². The molecule has 0 unspecified atom stereocenters. The number of hydrogen-bond acceptors (Lipinski definition) is 3. The fraction of sp³-hybridized carbons (Fsp3) is 0.611. The zero-order chi connectivity index (χ0) is 15.9. The van der Waals surface area contributed by atoms with Gasteiger partial charge in [-0.3, -0.25) is 4.79 Å². The van der Waals surface area contributed by atoms with Gasteiger partial charge in [-0.2, -0.15) is 0 Å². The maximum Gasteiger partial charge on any atom is 0.253 e. The van der Waals surface area contributed by atoms with Crippen molar-refractivity contribution in [3.8, 4) is 11.5 Å². The van der Waals surface area contributed by atoms with E-state index >= 15 is 0 Å². The topological polar surface area (TPSA) is 38.8 Å². The molecule has 0 N–H and O–H groups in total. The maximum atomic E-state index is 12.7. The van der Waals surface area contributed by atoms with Crippen LogP contribution in [0.5, 0.6) is 11.5 Å². The summed E-state index contributed by atoms with van der Waals surface area (Å²) in [6, 6.07) is 5.76. The third kappa shape index (κ3) is 3.93. The molecule has 1 aliphatic rings. The van der Waals surface area contributed by atoms with Gasteiger partial charge in [0.2, 0.25) is 0 Å². The predicted octanol–water partition coefficient (Wildman–Crippen LogP) is 3.89. The molecule has 1 amide bonds. The summed E-state index contributed by atoms with van der Waals surface area (Å²) in [5.74, 6) is 1.36. The van der Waals surface area contributed by atoms with Gasteiger partial charge in [0.25, 0.3) is 5.91 Å². The lowest BCUT2D eigenvalue weighted by atomic mass is 10.1. The molecule has 1 fully saturated rings. The lowest BCUT2D eigenvalue weighted by Crippen LogP contribution is -2.36. The molecule has 1 aliphatic carbocycles. The van der Waals surface area contributed by atoms with E-state index in [9.17, 15) is 4.79 Å². The molecule has 0 spiro atoms. The smallest absolute Gasteiger partial charge is 0.253 e. The Bertz CT molecular complexity index is 493. The van der Waals surface area contributed by atoms with Crippen molar-refractivity contribution in [3.63, 3.8) is 0 Å². The Labute approximate surface area is 133 Å². The number of benzene rings is 1. The summed E-state index contributed by atoms with van der Waals surface area (Å²) in [5.41, 5.74) is 0.663. The Hall–Kier alpha value is -1.71. The van der Waals surface area contributed by atoms with Gasteiger partial charge < -0.3 is 14.4 Å². The summed E-state index contributed by atoms with van der Waals surface area (Å²) in [4.78, 5) is 14.6. The third-order valence-electron chi connectivity index (χ3n) is 4.40. The zero-order valence-electron chi connectivity index (χ0n) is 13.9. The van der Waals surface area contributed by atoms with Crippen molar-refractivity contribution in [2.45, 2.75) is 51.5 Å². The lowest BCUT2D eigenvalue weighted by molar-refractivity contribution is 0.0717. The summed E-state index contributed by atoms with van der Waals surface area (Å²) in [6.07, 6.45) is 7.22. The minimum absolute atomic E-state index is 0.0653. The van der Waals surface area contributed by atoms with E-state index in [4.69, 9.17) is 9.47 Å². The number of amides is 1. The molecule has 2 rings (SSSR count). The van der Waals surface area contributed by atoms with Gasteiger partial charge in [0.05, 0.1) is 13.7 Å². The van der Waals surface area contributed by atoms with Gasteiger partial charge in [0.15, 0.2) is 11.5 Å². The summed E-state index contributed by atoms with van der Waals surface area (Å²) in [5, 5.41) is 0. The van der Waals surface area contributed by atoms with Gasteiger partial charge >= 0.3 is 0 Å². The zero-order valence-corrected chi connectivity index (χ0v) is 13.9. The number of carbonyl (C=O) groups is 1. The Morgan fingerprint density at radius 3 is 2.45 bits per heavy atom. The molecule has 0 aliphatic heterocycles. The highest BCUT2D eigenvalue weighted by Gasteiger charge is 2.23. The van der Waals surface area contributed by atoms with Crippen LogP contribution in [-0.4, -0.2) is 37.6 Å². The van der Waals surface area contributed by atoms with E-state index in [1.54, 1.807) is 19.2 Å². The van der Waals surface area contributed by atoms with Gasteiger partial charge in [-0.15, -0.1) is 0 Å². The summed E-state index contributed by atoms with van der Waals surface area (Å²) in [6.45, 7) is 2.47. The minimum Gasteiger partial charge on any atom is -0.493 e. The van der Waals surface area contributed by atoms with Crippen LogP contribution >= 0.6 is 0 Å². The van der Waals surface area contributed by atoms with E-state index in [2.05, 4.69) is 0 Å². The van der Waals surface area contributed by atoms with Crippen LogP contribution in [0.15, 0.2) is 18.2 Å². The van der Waals surface area contributed by atoms with Crippen molar-refractivity contribution in [2.24, 2.45) is 0 Å².